The first-order chi connectivity index (χ1) is 11.2. The molecule has 0 bridgehead atoms. The molecule has 1 amide bonds. The summed E-state index contributed by atoms with van der Waals surface area (Å²) in [6, 6.07) is 9.45. The molecule has 0 aliphatic carbocycles. The molecule has 2 aromatic rings. The van der Waals surface area contributed by atoms with Gasteiger partial charge in [0.15, 0.2) is 0 Å². The number of pyridine rings is 2. The zero-order chi connectivity index (χ0) is 16.2. The van der Waals surface area contributed by atoms with Crippen molar-refractivity contribution in [2.45, 2.75) is 12.5 Å². The predicted molar refractivity (Wildman–Crippen MR) is 85.3 cm³/mol. The van der Waals surface area contributed by atoms with Gasteiger partial charge in [-0.2, -0.15) is 5.26 Å². The number of amides is 1. The van der Waals surface area contributed by atoms with Gasteiger partial charge in [0.1, 0.15) is 11.8 Å². The average Bonchev–Trinajstić information content (AvgIpc) is 2.88. The number of aromatic nitrogens is 2. The minimum atomic E-state index is 0.0457. The van der Waals surface area contributed by atoms with Crippen molar-refractivity contribution in [2.75, 3.05) is 18.9 Å². The van der Waals surface area contributed by atoms with E-state index in [9.17, 15) is 4.79 Å². The van der Waals surface area contributed by atoms with Gasteiger partial charge in [0, 0.05) is 38.3 Å². The van der Waals surface area contributed by atoms with Crippen molar-refractivity contribution in [3.8, 4) is 6.07 Å². The molecule has 1 N–H and O–H groups in total. The smallest absolute Gasteiger partial charge is 0.223 e. The van der Waals surface area contributed by atoms with Gasteiger partial charge >= 0.3 is 0 Å². The Bertz CT molecular complexity index is 723. The lowest BCUT2D eigenvalue weighted by Gasteiger charge is -2.25. The van der Waals surface area contributed by atoms with Crippen LogP contribution in [0.15, 0.2) is 42.9 Å². The lowest BCUT2D eigenvalue weighted by molar-refractivity contribution is -0.127. The summed E-state index contributed by atoms with van der Waals surface area (Å²) >= 11 is 0. The van der Waals surface area contributed by atoms with Crippen LogP contribution in [0.5, 0.6) is 0 Å². The number of nitrogens with zero attached hydrogens (tertiary/aromatic N) is 4. The molecule has 3 rings (SSSR count). The van der Waals surface area contributed by atoms with Crippen LogP contribution in [0.25, 0.3) is 0 Å². The maximum atomic E-state index is 12.1. The van der Waals surface area contributed by atoms with Crippen molar-refractivity contribution in [1.82, 2.24) is 14.9 Å². The van der Waals surface area contributed by atoms with Crippen molar-refractivity contribution in [3.05, 3.63) is 54.1 Å². The monoisotopic (exact) mass is 307 g/mol. The molecule has 2 atom stereocenters. The van der Waals surface area contributed by atoms with Gasteiger partial charge in [-0.1, -0.05) is 0 Å². The highest BCUT2D eigenvalue weighted by Gasteiger charge is 2.38. The van der Waals surface area contributed by atoms with E-state index in [4.69, 9.17) is 5.26 Å². The van der Waals surface area contributed by atoms with E-state index in [2.05, 4.69) is 15.3 Å². The topological polar surface area (TPSA) is 81.9 Å². The highest BCUT2D eigenvalue weighted by atomic mass is 16.2. The van der Waals surface area contributed by atoms with Crippen molar-refractivity contribution >= 4 is 11.6 Å². The minimum absolute atomic E-state index is 0.0457. The summed E-state index contributed by atoms with van der Waals surface area (Å²) < 4.78 is 0. The number of hydrogen-bond acceptors (Lipinski definition) is 5. The van der Waals surface area contributed by atoms with Crippen molar-refractivity contribution < 1.29 is 4.79 Å². The van der Waals surface area contributed by atoms with E-state index in [1.54, 1.807) is 29.6 Å². The second-order valence-electron chi connectivity index (χ2n) is 5.62. The zero-order valence-corrected chi connectivity index (χ0v) is 12.8. The van der Waals surface area contributed by atoms with E-state index < -0.39 is 0 Å². The van der Waals surface area contributed by atoms with Crippen molar-refractivity contribution in [2.24, 2.45) is 5.92 Å². The normalized spacial score (nSPS) is 20.3. The summed E-state index contributed by atoms with van der Waals surface area (Å²) in [6.45, 7) is 0.663. The quantitative estimate of drug-likeness (QED) is 0.934. The van der Waals surface area contributed by atoms with Crippen molar-refractivity contribution in [3.63, 3.8) is 0 Å². The number of likely N-dealkylation sites (tertiary alicyclic amines) is 1. The average molecular weight is 307 g/mol. The Morgan fingerprint density at radius 3 is 2.78 bits per heavy atom. The molecule has 2 aromatic heterocycles. The van der Waals surface area contributed by atoms with E-state index in [-0.39, 0.29) is 17.9 Å². The third kappa shape index (κ3) is 3.14. The molecular formula is C17H17N5O. The molecule has 1 aliphatic rings. The maximum Gasteiger partial charge on any atom is 0.223 e. The molecule has 0 spiro atoms. The van der Waals surface area contributed by atoms with Crippen LogP contribution in [0.4, 0.5) is 5.69 Å². The highest BCUT2D eigenvalue weighted by molar-refractivity contribution is 5.79. The Labute approximate surface area is 134 Å². The summed E-state index contributed by atoms with van der Waals surface area (Å²) in [7, 11) is 1.84. The molecule has 0 radical (unpaired) electrons. The standard InChI is InChI=1S/C17H17N5O/c1-22-16(23)8-13(17(22)12-4-6-19-7-5-12)10-20-15-3-2-14(9-18)21-11-15/h2-7,11,13,17,20H,8,10H2,1H3/t13-,17-/m0/s1. The molecule has 1 fully saturated rings. The van der Waals surface area contributed by atoms with Crippen LogP contribution in [0.1, 0.15) is 23.7 Å². The Morgan fingerprint density at radius 2 is 2.13 bits per heavy atom. The lowest BCUT2D eigenvalue weighted by atomic mass is 9.94. The van der Waals surface area contributed by atoms with Gasteiger partial charge in [-0.15, -0.1) is 0 Å². The molecule has 6 heteroatoms. The number of carbonyl (C=O) groups excluding carboxylic acids is 1. The molecule has 1 saturated heterocycles. The molecule has 0 saturated carbocycles. The number of carbonyl (C=O) groups is 1. The first kappa shape index (κ1) is 15.0. The Morgan fingerprint density at radius 1 is 1.35 bits per heavy atom. The van der Waals surface area contributed by atoms with E-state index in [0.717, 1.165) is 11.3 Å². The highest BCUT2D eigenvalue weighted by Crippen LogP contribution is 2.36. The summed E-state index contributed by atoms with van der Waals surface area (Å²) in [5.74, 6) is 0.321. The molecule has 0 unspecified atom stereocenters. The number of rotatable bonds is 4. The van der Waals surface area contributed by atoms with Crippen LogP contribution in [0.3, 0.4) is 0 Å². The predicted octanol–water partition coefficient (Wildman–Crippen LogP) is 1.98. The van der Waals surface area contributed by atoms with E-state index >= 15 is 0 Å². The zero-order valence-electron chi connectivity index (χ0n) is 12.8. The summed E-state index contributed by atoms with van der Waals surface area (Å²) in [4.78, 5) is 22.0. The number of nitrogens with one attached hydrogen (secondary N) is 1. The Hall–Kier alpha value is -2.94. The van der Waals surface area contributed by atoms with Gasteiger partial charge in [0.25, 0.3) is 0 Å². The van der Waals surface area contributed by atoms with Gasteiger partial charge in [0.2, 0.25) is 5.91 Å². The van der Waals surface area contributed by atoms with Gasteiger partial charge < -0.3 is 10.2 Å². The van der Waals surface area contributed by atoms with Crippen LogP contribution < -0.4 is 5.32 Å². The molecular weight excluding hydrogens is 290 g/mol. The second-order valence-corrected chi connectivity index (χ2v) is 5.62. The van der Waals surface area contributed by atoms with E-state index in [1.807, 2.05) is 31.3 Å². The molecule has 0 aromatic carbocycles. The molecule has 6 nitrogen and oxygen atoms in total. The summed E-state index contributed by atoms with van der Waals surface area (Å²) in [5, 5.41) is 12.1. The minimum Gasteiger partial charge on any atom is -0.383 e. The van der Waals surface area contributed by atoms with Crippen LogP contribution in [0, 0.1) is 17.2 Å². The molecule has 116 valence electrons. The fourth-order valence-electron chi connectivity index (χ4n) is 3.00. The number of anilines is 1. The van der Waals surface area contributed by atoms with Gasteiger partial charge in [-0.05, 0) is 29.8 Å². The van der Waals surface area contributed by atoms with Gasteiger partial charge in [-0.25, -0.2) is 4.98 Å². The largest absolute Gasteiger partial charge is 0.383 e. The number of hydrogen-bond donors (Lipinski definition) is 1. The lowest BCUT2D eigenvalue weighted by Crippen LogP contribution is -2.26. The Kier molecular flexibility index (Phi) is 4.20. The first-order valence-electron chi connectivity index (χ1n) is 7.44. The first-order valence-corrected chi connectivity index (χ1v) is 7.44. The van der Waals surface area contributed by atoms with E-state index in [0.29, 0.717) is 18.7 Å². The number of nitriles is 1. The fourth-order valence-corrected chi connectivity index (χ4v) is 3.00. The Balaban J connectivity index is 1.72. The van der Waals surface area contributed by atoms with Crippen LogP contribution in [-0.4, -0.2) is 34.4 Å². The maximum absolute atomic E-state index is 12.1. The van der Waals surface area contributed by atoms with Crippen LogP contribution in [0.2, 0.25) is 0 Å². The molecule has 23 heavy (non-hydrogen) atoms. The summed E-state index contributed by atoms with van der Waals surface area (Å²) in [5.41, 5.74) is 2.33. The van der Waals surface area contributed by atoms with Gasteiger partial charge in [-0.3, -0.25) is 9.78 Å². The van der Waals surface area contributed by atoms with Crippen molar-refractivity contribution in [1.29, 1.82) is 5.26 Å². The van der Waals surface area contributed by atoms with E-state index in [1.165, 1.54) is 0 Å². The second kappa shape index (κ2) is 6.44. The van der Waals surface area contributed by atoms with Gasteiger partial charge in [0.05, 0.1) is 17.9 Å². The third-order valence-electron chi connectivity index (χ3n) is 4.19. The fraction of sp³-hybridized carbons (Fsp3) is 0.294. The third-order valence-corrected chi connectivity index (χ3v) is 4.19. The van der Waals surface area contributed by atoms with Crippen LogP contribution >= 0.6 is 0 Å². The SMILES string of the molecule is CN1C(=O)C[C@@H](CNc2ccc(C#N)nc2)[C@@H]1c1ccncc1. The molecule has 1 aliphatic heterocycles. The summed E-state index contributed by atoms with van der Waals surface area (Å²) in [6.07, 6.45) is 5.66. The molecule has 3 heterocycles. The van der Waals surface area contributed by atoms with Crippen LogP contribution in [-0.2, 0) is 4.79 Å².